The monoisotopic (exact) mass is 382 g/mol. The molecule has 0 spiro atoms. The van der Waals surface area contributed by atoms with Crippen molar-refractivity contribution >= 4 is 23.4 Å². The van der Waals surface area contributed by atoms with Crippen LogP contribution in [0, 0.1) is 0 Å². The summed E-state index contributed by atoms with van der Waals surface area (Å²) in [4.78, 5) is 5.96. The van der Waals surface area contributed by atoms with Gasteiger partial charge in [0.1, 0.15) is 5.82 Å². The van der Waals surface area contributed by atoms with Crippen LogP contribution in [-0.2, 0) is 6.42 Å². The van der Waals surface area contributed by atoms with Crippen LogP contribution in [-0.4, -0.2) is 45.9 Å². The molecule has 27 heavy (non-hydrogen) atoms. The molecule has 2 aromatic heterocycles. The van der Waals surface area contributed by atoms with Crippen molar-refractivity contribution in [2.24, 2.45) is 4.99 Å². The number of benzene rings is 1. The van der Waals surface area contributed by atoms with E-state index < -0.39 is 0 Å². The van der Waals surface area contributed by atoms with Gasteiger partial charge in [-0.2, -0.15) is 0 Å². The van der Waals surface area contributed by atoms with Crippen molar-refractivity contribution in [2.45, 2.75) is 24.7 Å². The smallest absolute Gasteiger partial charge is 0.191 e. The highest BCUT2D eigenvalue weighted by Crippen LogP contribution is 2.15. The summed E-state index contributed by atoms with van der Waals surface area (Å²) < 4.78 is 2.04. The van der Waals surface area contributed by atoms with Gasteiger partial charge in [-0.05, 0) is 37.6 Å². The molecule has 0 aliphatic heterocycles. The van der Waals surface area contributed by atoms with Crippen molar-refractivity contribution < 1.29 is 0 Å². The fraction of sp³-hybridized carbons (Fsp3) is 0.350. The third kappa shape index (κ3) is 5.99. The van der Waals surface area contributed by atoms with E-state index in [1.165, 1.54) is 4.90 Å². The Morgan fingerprint density at radius 3 is 2.78 bits per heavy atom. The molecule has 0 unspecified atom stereocenters. The van der Waals surface area contributed by atoms with Crippen molar-refractivity contribution in [1.29, 1.82) is 0 Å². The van der Waals surface area contributed by atoms with Gasteiger partial charge in [0.15, 0.2) is 11.6 Å². The van der Waals surface area contributed by atoms with Crippen LogP contribution in [0.5, 0.6) is 0 Å². The van der Waals surface area contributed by atoms with Crippen LogP contribution in [0.2, 0.25) is 0 Å². The molecule has 0 atom stereocenters. The molecule has 3 aromatic rings. The largest absolute Gasteiger partial charge is 0.357 e. The Morgan fingerprint density at radius 1 is 1.07 bits per heavy atom. The number of aliphatic imine (C=N–C) groups is 1. The molecule has 0 aliphatic carbocycles. The normalized spacial score (nSPS) is 11.7. The zero-order chi connectivity index (χ0) is 18.7. The van der Waals surface area contributed by atoms with Gasteiger partial charge in [-0.25, -0.2) is 0 Å². The molecule has 2 N–H and O–H groups in total. The van der Waals surface area contributed by atoms with Gasteiger partial charge in [0.25, 0.3) is 0 Å². The van der Waals surface area contributed by atoms with Gasteiger partial charge >= 0.3 is 0 Å². The number of aromatic nitrogens is 3. The maximum absolute atomic E-state index is 4.67. The summed E-state index contributed by atoms with van der Waals surface area (Å²) in [5.74, 6) is 2.86. The van der Waals surface area contributed by atoms with Crippen LogP contribution in [0.25, 0.3) is 5.65 Å². The molecular weight excluding hydrogens is 356 g/mol. The third-order valence-electron chi connectivity index (χ3n) is 3.96. The molecular formula is C20H26N6S. The van der Waals surface area contributed by atoms with E-state index in [2.05, 4.69) is 57.0 Å². The lowest BCUT2D eigenvalue weighted by Crippen LogP contribution is -2.38. The molecule has 142 valence electrons. The zero-order valence-electron chi connectivity index (χ0n) is 15.6. The highest BCUT2D eigenvalue weighted by atomic mass is 32.2. The first kappa shape index (κ1) is 19.2. The lowest BCUT2D eigenvalue weighted by molar-refractivity contribution is 0.757. The van der Waals surface area contributed by atoms with Crippen LogP contribution < -0.4 is 10.6 Å². The molecule has 0 saturated heterocycles. The molecule has 7 heteroatoms. The van der Waals surface area contributed by atoms with Gasteiger partial charge in [-0.15, -0.1) is 22.0 Å². The molecule has 0 radical (unpaired) electrons. The molecule has 0 fully saturated rings. The molecule has 1 aromatic carbocycles. The number of nitrogens with zero attached hydrogens (tertiary/aromatic N) is 4. The second-order valence-electron chi connectivity index (χ2n) is 6.00. The fourth-order valence-corrected chi connectivity index (χ4v) is 3.48. The standard InChI is InChI=1S/C20H26N6S/c1-2-21-20(23-14-16-27-17-9-4-3-5-10-17)22-13-8-12-19-25-24-18-11-6-7-15-26(18)19/h3-7,9-11,15H,2,8,12-14,16H2,1H3,(H2,21,22,23). The minimum Gasteiger partial charge on any atom is -0.357 e. The van der Waals surface area contributed by atoms with E-state index in [0.717, 1.165) is 55.7 Å². The predicted octanol–water partition coefficient (Wildman–Crippen LogP) is 3.01. The summed E-state index contributed by atoms with van der Waals surface area (Å²) in [5.41, 5.74) is 0.891. The Bertz CT molecular complexity index is 846. The van der Waals surface area contributed by atoms with Gasteiger partial charge in [0, 0.05) is 42.9 Å². The van der Waals surface area contributed by atoms with Crippen LogP contribution in [0.4, 0.5) is 0 Å². The van der Waals surface area contributed by atoms with Crippen molar-refractivity contribution in [1.82, 2.24) is 25.2 Å². The molecule has 0 bridgehead atoms. The van der Waals surface area contributed by atoms with Gasteiger partial charge in [-0.3, -0.25) is 9.39 Å². The number of hydrogen-bond acceptors (Lipinski definition) is 4. The SMILES string of the molecule is CCNC(=NCCCc1nnc2ccccn12)NCCSc1ccccc1. The van der Waals surface area contributed by atoms with Gasteiger partial charge in [0.2, 0.25) is 0 Å². The summed E-state index contributed by atoms with van der Waals surface area (Å²) in [6.07, 6.45) is 3.80. The second-order valence-corrected chi connectivity index (χ2v) is 7.17. The predicted molar refractivity (Wildman–Crippen MR) is 112 cm³/mol. The Kier molecular flexibility index (Phi) is 7.53. The van der Waals surface area contributed by atoms with E-state index in [1.54, 1.807) is 0 Å². The number of fused-ring (bicyclic) bond motifs is 1. The molecule has 2 heterocycles. The van der Waals surface area contributed by atoms with E-state index in [4.69, 9.17) is 0 Å². The van der Waals surface area contributed by atoms with E-state index in [0.29, 0.717) is 0 Å². The highest BCUT2D eigenvalue weighted by molar-refractivity contribution is 7.99. The first-order valence-electron chi connectivity index (χ1n) is 9.35. The second kappa shape index (κ2) is 10.6. The lowest BCUT2D eigenvalue weighted by atomic mass is 10.3. The van der Waals surface area contributed by atoms with Gasteiger partial charge in [-0.1, -0.05) is 24.3 Å². The minimum atomic E-state index is 0.753. The molecule has 3 rings (SSSR count). The average molecular weight is 383 g/mol. The van der Waals surface area contributed by atoms with Gasteiger partial charge in [0.05, 0.1) is 0 Å². The topological polar surface area (TPSA) is 66.6 Å². The van der Waals surface area contributed by atoms with E-state index in [-0.39, 0.29) is 0 Å². The highest BCUT2D eigenvalue weighted by Gasteiger charge is 2.04. The third-order valence-corrected chi connectivity index (χ3v) is 4.98. The van der Waals surface area contributed by atoms with Crippen LogP contribution in [0.3, 0.4) is 0 Å². The van der Waals surface area contributed by atoms with Crippen molar-refractivity contribution in [3.05, 3.63) is 60.6 Å². The molecule has 0 amide bonds. The number of thioether (sulfide) groups is 1. The van der Waals surface area contributed by atoms with Crippen LogP contribution in [0.1, 0.15) is 19.2 Å². The van der Waals surface area contributed by atoms with Crippen molar-refractivity contribution in [2.75, 3.05) is 25.4 Å². The zero-order valence-corrected chi connectivity index (χ0v) is 16.5. The summed E-state index contributed by atoms with van der Waals surface area (Å²) in [6, 6.07) is 16.4. The Labute approximate surface area is 164 Å². The first-order chi connectivity index (χ1) is 13.4. The average Bonchev–Trinajstić information content (AvgIpc) is 3.12. The van der Waals surface area contributed by atoms with E-state index >= 15 is 0 Å². The van der Waals surface area contributed by atoms with E-state index in [9.17, 15) is 0 Å². The Morgan fingerprint density at radius 2 is 1.93 bits per heavy atom. The van der Waals surface area contributed by atoms with Crippen LogP contribution >= 0.6 is 11.8 Å². The maximum Gasteiger partial charge on any atom is 0.191 e. The van der Waals surface area contributed by atoms with Gasteiger partial charge < -0.3 is 10.6 Å². The van der Waals surface area contributed by atoms with E-state index in [1.807, 2.05) is 46.6 Å². The number of aryl methyl sites for hydroxylation is 1. The summed E-state index contributed by atoms with van der Waals surface area (Å²) in [6.45, 7) is 4.56. The first-order valence-corrected chi connectivity index (χ1v) is 10.3. The molecule has 6 nitrogen and oxygen atoms in total. The number of rotatable bonds is 9. The number of hydrogen-bond donors (Lipinski definition) is 2. The fourth-order valence-electron chi connectivity index (χ4n) is 2.69. The maximum atomic E-state index is 4.67. The van der Waals surface area contributed by atoms with Crippen molar-refractivity contribution in [3.8, 4) is 0 Å². The summed E-state index contributed by atoms with van der Waals surface area (Å²) in [7, 11) is 0. The molecule has 0 saturated carbocycles. The number of guanidine groups is 1. The minimum absolute atomic E-state index is 0.753. The summed E-state index contributed by atoms with van der Waals surface area (Å²) in [5, 5.41) is 15.2. The number of nitrogens with one attached hydrogen (secondary N) is 2. The number of pyridine rings is 1. The summed E-state index contributed by atoms with van der Waals surface area (Å²) >= 11 is 1.84. The Hall–Kier alpha value is -2.54. The van der Waals surface area contributed by atoms with Crippen LogP contribution in [0.15, 0.2) is 64.6 Å². The quantitative estimate of drug-likeness (QED) is 0.258. The Balaban J connectivity index is 1.41. The lowest BCUT2D eigenvalue weighted by Gasteiger charge is -2.11. The van der Waals surface area contributed by atoms with Crippen molar-refractivity contribution in [3.63, 3.8) is 0 Å². The molecule has 0 aliphatic rings.